The molecule has 0 heterocycles. The van der Waals surface area contributed by atoms with Crippen molar-refractivity contribution in [1.29, 1.82) is 0 Å². The number of likely N-dealkylation sites (N-methyl/N-ethyl adjacent to an activating group) is 1. The fourth-order valence-electron chi connectivity index (χ4n) is 1.87. The van der Waals surface area contributed by atoms with Crippen molar-refractivity contribution in [2.45, 2.75) is 25.8 Å². The first-order chi connectivity index (χ1) is 8.99. The van der Waals surface area contributed by atoms with Gasteiger partial charge in [0.05, 0.1) is 13.5 Å². The molecule has 1 amide bonds. The highest BCUT2D eigenvalue weighted by molar-refractivity contribution is 5.84. The average Bonchev–Trinajstić information content (AvgIpc) is 2.39. The van der Waals surface area contributed by atoms with Gasteiger partial charge in [-0.1, -0.05) is 19.1 Å². The SMILES string of the molecule is CCC(C(=O)O)N(C)C(=O)Cc1cccc(OC)c1. The number of carboxylic acid groups (broad SMARTS) is 1. The van der Waals surface area contributed by atoms with Crippen LogP contribution in [0.2, 0.25) is 0 Å². The van der Waals surface area contributed by atoms with Gasteiger partial charge in [0.2, 0.25) is 5.91 Å². The van der Waals surface area contributed by atoms with Crippen molar-refractivity contribution in [2.75, 3.05) is 14.2 Å². The van der Waals surface area contributed by atoms with E-state index in [9.17, 15) is 9.59 Å². The Kier molecular flexibility index (Phi) is 5.36. The number of rotatable bonds is 6. The van der Waals surface area contributed by atoms with E-state index in [1.54, 1.807) is 32.2 Å². The maximum Gasteiger partial charge on any atom is 0.326 e. The fourth-order valence-corrected chi connectivity index (χ4v) is 1.87. The zero-order valence-corrected chi connectivity index (χ0v) is 11.4. The van der Waals surface area contributed by atoms with E-state index in [0.717, 1.165) is 5.56 Å². The number of ether oxygens (including phenoxy) is 1. The predicted molar refractivity (Wildman–Crippen MR) is 71.2 cm³/mol. The number of aliphatic carboxylic acids is 1. The van der Waals surface area contributed by atoms with E-state index in [1.165, 1.54) is 11.9 Å². The minimum Gasteiger partial charge on any atom is -0.497 e. The van der Waals surface area contributed by atoms with Crippen LogP contribution in [0.25, 0.3) is 0 Å². The quantitative estimate of drug-likeness (QED) is 0.847. The molecular formula is C14H19NO4. The number of benzene rings is 1. The molecule has 104 valence electrons. The minimum atomic E-state index is -0.982. The highest BCUT2D eigenvalue weighted by Gasteiger charge is 2.24. The number of amides is 1. The third-order valence-corrected chi connectivity index (χ3v) is 3.02. The van der Waals surface area contributed by atoms with Gasteiger partial charge in [0.25, 0.3) is 0 Å². The number of carbonyl (C=O) groups is 2. The molecule has 5 nitrogen and oxygen atoms in total. The van der Waals surface area contributed by atoms with Crippen molar-refractivity contribution >= 4 is 11.9 Å². The number of hydrogen-bond donors (Lipinski definition) is 1. The molecule has 1 rings (SSSR count). The summed E-state index contributed by atoms with van der Waals surface area (Å²) in [6.45, 7) is 1.74. The van der Waals surface area contributed by atoms with Gasteiger partial charge in [0.15, 0.2) is 0 Å². The monoisotopic (exact) mass is 265 g/mol. The third-order valence-electron chi connectivity index (χ3n) is 3.02. The molecule has 1 unspecified atom stereocenters. The number of methoxy groups -OCH3 is 1. The Morgan fingerprint density at radius 1 is 1.42 bits per heavy atom. The zero-order chi connectivity index (χ0) is 14.4. The topological polar surface area (TPSA) is 66.8 Å². The van der Waals surface area contributed by atoms with Gasteiger partial charge >= 0.3 is 5.97 Å². The van der Waals surface area contributed by atoms with Crippen LogP contribution >= 0.6 is 0 Å². The summed E-state index contributed by atoms with van der Waals surface area (Å²) in [5.41, 5.74) is 0.802. The Bertz CT molecular complexity index is 459. The molecule has 1 atom stereocenters. The van der Waals surface area contributed by atoms with E-state index in [0.29, 0.717) is 12.2 Å². The maximum absolute atomic E-state index is 12.0. The summed E-state index contributed by atoms with van der Waals surface area (Å²) in [6.07, 6.45) is 0.549. The Morgan fingerprint density at radius 3 is 2.63 bits per heavy atom. The van der Waals surface area contributed by atoms with Crippen LogP contribution in [0.1, 0.15) is 18.9 Å². The van der Waals surface area contributed by atoms with Crippen LogP contribution in [0.15, 0.2) is 24.3 Å². The number of carbonyl (C=O) groups excluding carboxylic acids is 1. The highest BCUT2D eigenvalue weighted by atomic mass is 16.5. The lowest BCUT2D eigenvalue weighted by molar-refractivity contribution is -0.148. The lowest BCUT2D eigenvalue weighted by Gasteiger charge is -2.23. The maximum atomic E-state index is 12.0. The van der Waals surface area contributed by atoms with Crippen LogP contribution in [0, 0.1) is 0 Å². The Morgan fingerprint density at radius 2 is 2.11 bits per heavy atom. The van der Waals surface area contributed by atoms with Gasteiger partial charge in [-0.3, -0.25) is 4.79 Å². The van der Waals surface area contributed by atoms with E-state index in [4.69, 9.17) is 9.84 Å². The standard InChI is InChI=1S/C14H19NO4/c1-4-12(14(17)18)15(2)13(16)9-10-6-5-7-11(8-10)19-3/h5-8,12H,4,9H2,1-3H3,(H,17,18). The molecule has 0 bridgehead atoms. The lowest BCUT2D eigenvalue weighted by atomic mass is 10.1. The van der Waals surface area contributed by atoms with Crippen LogP contribution in [-0.4, -0.2) is 42.1 Å². The van der Waals surface area contributed by atoms with Crippen molar-refractivity contribution in [1.82, 2.24) is 4.90 Å². The van der Waals surface area contributed by atoms with Gasteiger partial charge in [0, 0.05) is 7.05 Å². The second-order valence-electron chi connectivity index (χ2n) is 4.30. The first-order valence-electron chi connectivity index (χ1n) is 6.11. The predicted octanol–water partition coefficient (Wildman–Crippen LogP) is 1.56. The first kappa shape index (κ1) is 15.0. The second-order valence-corrected chi connectivity index (χ2v) is 4.30. The highest BCUT2D eigenvalue weighted by Crippen LogP contribution is 2.14. The van der Waals surface area contributed by atoms with Gasteiger partial charge < -0.3 is 14.7 Å². The smallest absolute Gasteiger partial charge is 0.326 e. The number of nitrogens with zero attached hydrogens (tertiary/aromatic N) is 1. The Labute approximate surface area is 112 Å². The van der Waals surface area contributed by atoms with Crippen LogP contribution in [-0.2, 0) is 16.0 Å². The van der Waals surface area contributed by atoms with E-state index >= 15 is 0 Å². The molecule has 1 aromatic carbocycles. The zero-order valence-electron chi connectivity index (χ0n) is 11.4. The largest absolute Gasteiger partial charge is 0.497 e. The summed E-state index contributed by atoms with van der Waals surface area (Å²) in [7, 11) is 3.08. The van der Waals surface area contributed by atoms with Gasteiger partial charge in [0.1, 0.15) is 11.8 Å². The van der Waals surface area contributed by atoms with E-state index in [-0.39, 0.29) is 12.3 Å². The van der Waals surface area contributed by atoms with Crippen molar-refractivity contribution in [3.63, 3.8) is 0 Å². The summed E-state index contributed by atoms with van der Waals surface area (Å²) < 4.78 is 5.08. The van der Waals surface area contributed by atoms with Crippen molar-refractivity contribution in [3.8, 4) is 5.75 Å². The van der Waals surface area contributed by atoms with Gasteiger partial charge in [-0.15, -0.1) is 0 Å². The summed E-state index contributed by atoms with van der Waals surface area (Å²) in [5.74, 6) is -0.523. The van der Waals surface area contributed by atoms with Crippen LogP contribution in [0.4, 0.5) is 0 Å². The van der Waals surface area contributed by atoms with E-state index in [2.05, 4.69) is 0 Å². The molecule has 0 radical (unpaired) electrons. The van der Waals surface area contributed by atoms with Crippen LogP contribution < -0.4 is 4.74 Å². The molecular weight excluding hydrogens is 246 g/mol. The molecule has 0 spiro atoms. The molecule has 5 heteroatoms. The molecule has 0 fully saturated rings. The molecule has 1 N–H and O–H groups in total. The molecule has 1 aromatic rings. The first-order valence-corrected chi connectivity index (χ1v) is 6.11. The Balaban J connectivity index is 2.75. The van der Waals surface area contributed by atoms with Gasteiger partial charge in [-0.2, -0.15) is 0 Å². The van der Waals surface area contributed by atoms with E-state index < -0.39 is 12.0 Å². The summed E-state index contributed by atoms with van der Waals surface area (Å²) in [6, 6.07) is 6.40. The molecule has 0 saturated heterocycles. The molecule has 0 aliphatic heterocycles. The van der Waals surface area contributed by atoms with Gasteiger partial charge in [-0.05, 0) is 24.1 Å². The molecule has 0 aliphatic carbocycles. The number of hydrogen-bond acceptors (Lipinski definition) is 3. The summed E-state index contributed by atoms with van der Waals surface area (Å²) in [4.78, 5) is 24.3. The normalized spacial score (nSPS) is 11.7. The van der Waals surface area contributed by atoms with Crippen LogP contribution in [0.3, 0.4) is 0 Å². The third kappa shape index (κ3) is 3.98. The van der Waals surface area contributed by atoms with E-state index in [1.807, 2.05) is 6.07 Å². The fraction of sp³-hybridized carbons (Fsp3) is 0.429. The van der Waals surface area contributed by atoms with Gasteiger partial charge in [-0.25, -0.2) is 4.79 Å². The molecule has 0 aliphatic rings. The van der Waals surface area contributed by atoms with Crippen molar-refractivity contribution in [2.24, 2.45) is 0 Å². The summed E-state index contributed by atoms with van der Waals surface area (Å²) >= 11 is 0. The average molecular weight is 265 g/mol. The lowest BCUT2D eigenvalue weighted by Crippen LogP contribution is -2.42. The summed E-state index contributed by atoms with van der Waals surface area (Å²) in [5, 5.41) is 9.03. The Hall–Kier alpha value is -2.04. The number of carboxylic acids is 1. The molecule has 0 aromatic heterocycles. The molecule has 0 saturated carbocycles. The van der Waals surface area contributed by atoms with Crippen LogP contribution in [0.5, 0.6) is 5.75 Å². The van der Waals surface area contributed by atoms with Crippen molar-refractivity contribution in [3.05, 3.63) is 29.8 Å². The second kappa shape index (κ2) is 6.78. The minimum absolute atomic E-state index is 0.164. The van der Waals surface area contributed by atoms with Crippen molar-refractivity contribution < 1.29 is 19.4 Å². The molecule has 19 heavy (non-hydrogen) atoms.